The first-order chi connectivity index (χ1) is 16.5. The Morgan fingerprint density at radius 1 is 1.03 bits per heavy atom. The molecule has 35 heavy (non-hydrogen) atoms. The second kappa shape index (κ2) is 10.8. The topological polar surface area (TPSA) is 156 Å². The molecule has 0 unspecified atom stereocenters. The van der Waals surface area contributed by atoms with Crippen LogP contribution >= 0.6 is 0 Å². The number of hydrogen-bond acceptors (Lipinski definition) is 11. The Kier molecular flexibility index (Phi) is 8.07. The van der Waals surface area contributed by atoms with E-state index >= 15 is 0 Å². The van der Waals surface area contributed by atoms with Gasteiger partial charge in [-0.15, -0.1) is 5.10 Å². The number of esters is 3. The quantitative estimate of drug-likeness (QED) is 0.343. The number of nitrogens with zero attached hydrogens (tertiary/aromatic N) is 4. The number of benzene rings is 1. The summed E-state index contributed by atoms with van der Waals surface area (Å²) < 4.78 is 48.7. The van der Waals surface area contributed by atoms with Gasteiger partial charge in [0.1, 0.15) is 18.4 Å². The molecule has 0 aliphatic carbocycles. The monoisotopic (exact) mass is 510 g/mol. The van der Waals surface area contributed by atoms with E-state index in [0.717, 1.165) is 10.6 Å². The fraction of sp³-hybridized carbons (Fsp3) is 0.476. The van der Waals surface area contributed by atoms with Crippen LogP contribution < -0.4 is 4.31 Å². The van der Waals surface area contributed by atoms with Crippen molar-refractivity contribution < 1.29 is 41.7 Å². The van der Waals surface area contributed by atoms with Gasteiger partial charge in [0.25, 0.3) is 0 Å². The Morgan fingerprint density at radius 2 is 1.66 bits per heavy atom. The second-order valence-electron chi connectivity index (χ2n) is 7.81. The third-order valence-electron chi connectivity index (χ3n) is 4.91. The number of sulfonamides is 1. The maximum atomic E-state index is 12.4. The lowest BCUT2D eigenvalue weighted by atomic mass is 10.1. The van der Waals surface area contributed by atoms with E-state index in [1.54, 1.807) is 30.3 Å². The molecule has 1 aliphatic heterocycles. The van der Waals surface area contributed by atoms with Gasteiger partial charge in [-0.05, 0) is 12.1 Å². The Bertz CT molecular complexity index is 1170. The van der Waals surface area contributed by atoms with E-state index in [0.29, 0.717) is 5.69 Å². The predicted octanol–water partition coefficient (Wildman–Crippen LogP) is 0.568. The lowest BCUT2D eigenvalue weighted by molar-refractivity contribution is -0.166. The summed E-state index contributed by atoms with van der Waals surface area (Å²) in [5.74, 6) is -1.90. The van der Waals surface area contributed by atoms with E-state index in [2.05, 4.69) is 10.3 Å². The average molecular weight is 511 g/mol. The summed E-state index contributed by atoms with van der Waals surface area (Å²) >= 11 is 0. The zero-order valence-corrected chi connectivity index (χ0v) is 20.4. The van der Waals surface area contributed by atoms with Crippen molar-refractivity contribution in [2.24, 2.45) is 0 Å². The van der Waals surface area contributed by atoms with Gasteiger partial charge in [-0.3, -0.25) is 18.7 Å². The van der Waals surface area contributed by atoms with Crippen LogP contribution in [0.15, 0.2) is 36.5 Å². The molecule has 1 saturated heterocycles. The van der Waals surface area contributed by atoms with Crippen molar-refractivity contribution in [2.75, 3.05) is 17.2 Å². The zero-order chi connectivity index (χ0) is 25.8. The number of anilines is 1. The summed E-state index contributed by atoms with van der Waals surface area (Å²) in [6.07, 6.45) is -1.77. The Morgan fingerprint density at radius 3 is 2.23 bits per heavy atom. The predicted molar refractivity (Wildman–Crippen MR) is 119 cm³/mol. The third-order valence-corrected chi connectivity index (χ3v) is 6.05. The molecule has 190 valence electrons. The molecule has 1 fully saturated rings. The lowest BCUT2D eigenvalue weighted by Crippen LogP contribution is -2.40. The molecule has 1 aliphatic rings. The highest BCUT2D eigenvalue weighted by Crippen LogP contribution is 2.34. The molecular weight excluding hydrogens is 484 g/mol. The maximum absolute atomic E-state index is 12.4. The van der Waals surface area contributed by atoms with Crippen LogP contribution in [0.5, 0.6) is 0 Å². The summed E-state index contributed by atoms with van der Waals surface area (Å²) in [5.41, 5.74) is 0.716. The first-order valence-electron chi connectivity index (χ1n) is 10.5. The molecule has 2 aromatic rings. The van der Waals surface area contributed by atoms with Crippen molar-refractivity contribution in [2.45, 2.75) is 51.9 Å². The normalized spacial score (nSPS) is 21.8. The van der Waals surface area contributed by atoms with Crippen LogP contribution in [0.1, 0.15) is 32.7 Å². The smallest absolute Gasteiger partial charge is 0.303 e. The van der Waals surface area contributed by atoms with E-state index in [9.17, 15) is 22.8 Å². The molecule has 0 bridgehead atoms. The van der Waals surface area contributed by atoms with Crippen LogP contribution in [0.3, 0.4) is 0 Å². The number of para-hydroxylation sites is 1. The van der Waals surface area contributed by atoms with Gasteiger partial charge in [0, 0.05) is 20.8 Å². The Hall–Kier alpha value is -3.52. The molecule has 0 amide bonds. The van der Waals surface area contributed by atoms with Gasteiger partial charge < -0.3 is 18.9 Å². The summed E-state index contributed by atoms with van der Waals surface area (Å²) in [6, 6.07) is 8.47. The molecule has 0 saturated carbocycles. The lowest BCUT2D eigenvalue weighted by Gasteiger charge is -2.23. The number of carbonyl (C=O) groups excluding carboxylic acids is 3. The zero-order valence-electron chi connectivity index (χ0n) is 19.6. The standard InChI is InChI=1S/C21H26N4O9S/c1-13(26)31-12-18-19(32-14(2)27)20(33-15(3)28)21(34-18)24-10-16(22-23-24)11-25(35(4,29)30)17-8-6-5-7-9-17/h5-10,18-21H,11-12H2,1-4H3/t18-,19-,20-,21-/m1/s1. The molecule has 1 aromatic heterocycles. The van der Waals surface area contributed by atoms with Crippen LogP contribution in [0.2, 0.25) is 0 Å². The highest BCUT2D eigenvalue weighted by Gasteiger charge is 2.51. The first-order valence-corrected chi connectivity index (χ1v) is 12.4. The summed E-state index contributed by atoms with van der Waals surface area (Å²) in [7, 11) is -3.65. The molecule has 14 heteroatoms. The molecule has 4 atom stereocenters. The van der Waals surface area contributed by atoms with Gasteiger partial charge in [-0.1, -0.05) is 23.4 Å². The highest BCUT2D eigenvalue weighted by molar-refractivity contribution is 7.92. The third kappa shape index (κ3) is 6.76. The van der Waals surface area contributed by atoms with Gasteiger partial charge >= 0.3 is 17.9 Å². The number of ether oxygens (including phenoxy) is 4. The number of rotatable bonds is 9. The van der Waals surface area contributed by atoms with Gasteiger partial charge in [0.2, 0.25) is 10.0 Å². The maximum Gasteiger partial charge on any atom is 0.303 e. The van der Waals surface area contributed by atoms with Crippen LogP contribution in [0.25, 0.3) is 0 Å². The molecule has 0 N–H and O–H groups in total. The van der Waals surface area contributed by atoms with E-state index in [4.69, 9.17) is 18.9 Å². The van der Waals surface area contributed by atoms with E-state index < -0.39 is 52.5 Å². The van der Waals surface area contributed by atoms with E-state index in [-0.39, 0.29) is 18.8 Å². The number of carbonyl (C=O) groups is 3. The van der Waals surface area contributed by atoms with Crippen molar-refractivity contribution in [3.05, 3.63) is 42.2 Å². The summed E-state index contributed by atoms with van der Waals surface area (Å²) in [4.78, 5) is 34.8. The Labute approximate surface area is 201 Å². The van der Waals surface area contributed by atoms with E-state index in [1.807, 2.05) is 0 Å². The molecule has 2 heterocycles. The van der Waals surface area contributed by atoms with Gasteiger partial charge in [0.05, 0.1) is 24.7 Å². The molecule has 3 rings (SSSR count). The van der Waals surface area contributed by atoms with Crippen LogP contribution in [-0.4, -0.2) is 72.5 Å². The summed E-state index contributed by atoms with van der Waals surface area (Å²) in [6.45, 7) is 3.17. The second-order valence-corrected chi connectivity index (χ2v) is 9.72. The van der Waals surface area contributed by atoms with Crippen LogP contribution in [0, 0.1) is 0 Å². The van der Waals surface area contributed by atoms with Crippen molar-refractivity contribution in [1.82, 2.24) is 15.0 Å². The average Bonchev–Trinajstić information content (AvgIpc) is 3.35. The van der Waals surface area contributed by atoms with Crippen LogP contribution in [0.4, 0.5) is 5.69 Å². The van der Waals surface area contributed by atoms with Gasteiger partial charge in [-0.2, -0.15) is 0 Å². The van der Waals surface area contributed by atoms with Crippen molar-refractivity contribution in [3.63, 3.8) is 0 Å². The Balaban J connectivity index is 1.89. The fourth-order valence-corrected chi connectivity index (χ4v) is 4.43. The molecule has 0 radical (unpaired) electrons. The van der Waals surface area contributed by atoms with Crippen molar-refractivity contribution in [3.8, 4) is 0 Å². The number of hydrogen-bond donors (Lipinski definition) is 0. The minimum atomic E-state index is -3.65. The highest BCUT2D eigenvalue weighted by atomic mass is 32.2. The van der Waals surface area contributed by atoms with Crippen molar-refractivity contribution in [1.29, 1.82) is 0 Å². The molecule has 1 aromatic carbocycles. The number of aromatic nitrogens is 3. The summed E-state index contributed by atoms with van der Waals surface area (Å²) in [5, 5.41) is 8.04. The largest absolute Gasteiger partial charge is 0.463 e. The minimum absolute atomic E-state index is 0.127. The van der Waals surface area contributed by atoms with Gasteiger partial charge in [-0.25, -0.2) is 13.1 Å². The molecular formula is C21H26N4O9S. The van der Waals surface area contributed by atoms with Crippen molar-refractivity contribution >= 4 is 33.6 Å². The minimum Gasteiger partial charge on any atom is -0.463 e. The molecule has 13 nitrogen and oxygen atoms in total. The van der Waals surface area contributed by atoms with Gasteiger partial charge in [0.15, 0.2) is 18.4 Å². The SMILES string of the molecule is CC(=O)OC[C@H]1O[C@@H](n2cc(CN(c3ccccc3)S(C)(=O)=O)nn2)[C@H](OC(C)=O)[C@@H]1OC(C)=O. The fourth-order valence-electron chi connectivity index (χ4n) is 3.56. The van der Waals surface area contributed by atoms with E-state index in [1.165, 1.54) is 31.6 Å². The molecule has 0 spiro atoms. The first kappa shape index (κ1) is 26.1. The van der Waals surface area contributed by atoms with Crippen LogP contribution in [-0.2, 0) is 49.9 Å².